The molecule has 9 heteroatoms. The van der Waals surface area contributed by atoms with E-state index in [-0.39, 0.29) is 11.4 Å². The first-order chi connectivity index (χ1) is 16.2. The Kier molecular flexibility index (Phi) is 7.69. The van der Waals surface area contributed by atoms with Gasteiger partial charge in [0.05, 0.1) is 11.0 Å². The van der Waals surface area contributed by atoms with Crippen molar-refractivity contribution in [1.29, 1.82) is 0 Å². The number of nitrogens with one attached hydrogen (secondary N) is 1. The number of aliphatic carboxylic acids is 1. The zero-order valence-corrected chi connectivity index (χ0v) is 21.2. The summed E-state index contributed by atoms with van der Waals surface area (Å²) in [6, 6.07) is 13.7. The molecule has 0 aromatic heterocycles. The van der Waals surface area contributed by atoms with E-state index >= 15 is 0 Å². The summed E-state index contributed by atoms with van der Waals surface area (Å²) in [4.78, 5) is 12.0. The molecule has 4 rings (SSSR count). The molecule has 2 atom stereocenters. The first-order valence-electron chi connectivity index (χ1n) is 11.6. The van der Waals surface area contributed by atoms with Crippen LogP contribution in [-0.4, -0.2) is 66.1 Å². The Hall–Kier alpha value is -1.91. The summed E-state index contributed by atoms with van der Waals surface area (Å²) in [5, 5.41) is 13.2. The lowest BCUT2D eigenvalue weighted by atomic mass is 10.0. The van der Waals surface area contributed by atoms with Gasteiger partial charge < -0.3 is 15.2 Å². The number of nitrogens with zero attached hydrogens (tertiary/aromatic N) is 1. The number of hydrogen-bond acceptors (Lipinski definition) is 6. The van der Waals surface area contributed by atoms with Crippen LogP contribution < -0.4 is 5.32 Å². The van der Waals surface area contributed by atoms with Crippen molar-refractivity contribution in [2.45, 2.75) is 55.0 Å². The lowest BCUT2D eigenvalue weighted by molar-refractivity contribution is -0.142. The molecule has 2 heterocycles. The SMILES string of the molecule is CC1(C)SCCN(S(=O)(=O)c2ccc(-c3ccc(CNCC4CCCO4)cc3)cc2)C1C(=O)O. The van der Waals surface area contributed by atoms with E-state index in [0.29, 0.717) is 11.9 Å². The maximum Gasteiger partial charge on any atom is 0.323 e. The summed E-state index contributed by atoms with van der Waals surface area (Å²) in [5.74, 6) is -0.564. The molecule has 2 fully saturated rings. The first kappa shape index (κ1) is 25.2. The van der Waals surface area contributed by atoms with Crippen LogP contribution in [-0.2, 0) is 26.1 Å². The van der Waals surface area contributed by atoms with E-state index in [1.165, 1.54) is 17.3 Å². The van der Waals surface area contributed by atoms with Crippen LogP contribution in [0.3, 0.4) is 0 Å². The second-order valence-electron chi connectivity index (χ2n) is 9.30. The van der Waals surface area contributed by atoms with E-state index in [4.69, 9.17) is 4.74 Å². The van der Waals surface area contributed by atoms with E-state index in [1.54, 1.807) is 38.1 Å². The third kappa shape index (κ3) is 5.49. The molecule has 0 amide bonds. The van der Waals surface area contributed by atoms with Crippen LogP contribution in [0, 0.1) is 0 Å². The summed E-state index contributed by atoms with van der Waals surface area (Å²) in [6.45, 7) is 6.22. The van der Waals surface area contributed by atoms with Crippen molar-refractivity contribution in [2.75, 3.05) is 25.4 Å². The molecule has 2 aliphatic heterocycles. The Bertz CT molecular complexity index is 1100. The Morgan fingerprint density at radius 1 is 1.15 bits per heavy atom. The van der Waals surface area contributed by atoms with Crippen LogP contribution in [0.5, 0.6) is 0 Å². The normalized spacial score (nSPS) is 23.1. The standard InChI is InChI=1S/C25H32N2O5S2/c1-25(2)23(24(28)29)27(13-15-33-25)34(30,31)22-11-9-20(10-12-22)19-7-5-18(6-8-19)16-26-17-21-4-3-14-32-21/h5-12,21,23,26H,3-4,13-17H2,1-2H3,(H,28,29). The van der Waals surface area contributed by atoms with E-state index in [1.807, 2.05) is 12.1 Å². The number of thioether (sulfide) groups is 1. The molecule has 2 aromatic carbocycles. The minimum absolute atomic E-state index is 0.111. The molecule has 2 saturated heterocycles. The molecule has 0 bridgehead atoms. The van der Waals surface area contributed by atoms with Gasteiger partial charge in [-0.3, -0.25) is 4.79 Å². The fourth-order valence-corrected chi connectivity index (χ4v) is 7.68. The highest BCUT2D eigenvalue weighted by atomic mass is 32.2. The molecule has 2 N–H and O–H groups in total. The second kappa shape index (κ2) is 10.4. The summed E-state index contributed by atoms with van der Waals surface area (Å²) in [7, 11) is -3.93. The van der Waals surface area contributed by atoms with Crippen molar-refractivity contribution in [3.05, 3.63) is 54.1 Å². The molecule has 2 unspecified atom stereocenters. The molecule has 2 aromatic rings. The van der Waals surface area contributed by atoms with Gasteiger partial charge in [0, 0.05) is 36.7 Å². The molecule has 0 spiro atoms. The Morgan fingerprint density at radius 2 is 1.79 bits per heavy atom. The summed E-state index contributed by atoms with van der Waals surface area (Å²) < 4.78 is 32.7. The van der Waals surface area contributed by atoms with Crippen LogP contribution in [0.15, 0.2) is 53.4 Å². The monoisotopic (exact) mass is 504 g/mol. The molecule has 7 nitrogen and oxygen atoms in total. The largest absolute Gasteiger partial charge is 0.480 e. The van der Waals surface area contributed by atoms with Crippen molar-refractivity contribution in [3.63, 3.8) is 0 Å². The average molecular weight is 505 g/mol. The second-order valence-corrected chi connectivity index (χ2v) is 12.9. The molecule has 0 radical (unpaired) electrons. The number of ether oxygens (including phenoxy) is 1. The van der Waals surface area contributed by atoms with Crippen molar-refractivity contribution in [3.8, 4) is 11.1 Å². The maximum absolute atomic E-state index is 13.3. The fourth-order valence-electron chi connectivity index (χ4n) is 4.59. The van der Waals surface area contributed by atoms with Crippen molar-refractivity contribution in [2.24, 2.45) is 0 Å². The number of carboxylic acid groups (broad SMARTS) is 1. The Labute approximate surface area is 205 Å². The van der Waals surface area contributed by atoms with E-state index in [9.17, 15) is 18.3 Å². The van der Waals surface area contributed by atoms with Gasteiger partial charge in [-0.15, -0.1) is 0 Å². The van der Waals surface area contributed by atoms with Gasteiger partial charge in [0.1, 0.15) is 6.04 Å². The lowest BCUT2D eigenvalue weighted by Crippen LogP contribution is -2.58. The van der Waals surface area contributed by atoms with E-state index in [0.717, 1.165) is 48.0 Å². The number of carbonyl (C=O) groups is 1. The van der Waals surface area contributed by atoms with Crippen LogP contribution >= 0.6 is 11.8 Å². The average Bonchev–Trinajstić information content (AvgIpc) is 3.32. The fraction of sp³-hybridized carbons (Fsp3) is 0.480. The van der Waals surface area contributed by atoms with Crippen molar-refractivity contribution < 1.29 is 23.1 Å². The van der Waals surface area contributed by atoms with Gasteiger partial charge >= 0.3 is 5.97 Å². The number of benzene rings is 2. The highest BCUT2D eigenvalue weighted by molar-refractivity contribution is 8.00. The van der Waals surface area contributed by atoms with E-state index < -0.39 is 26.8 Å². The van der Waals surface area contributed by atoms with Gasteiger partial charge in [0.15, 0.2) is 0 Å². The molecule has 34 heavy (non-hydrogen) atoms. The highest BCUT2D eigenvalue weighted by Crippen LogP contribution is 2.38. The number of hydrogen-bond donors (Lipinski definition) is 2. The smallest absolute Gasteiger partial charge is 0.323 e. The van der Waals surface area contributed by atoms with Gasteiger partial charge in [-0.25, -0.2) is 8.42 Å². The van der Waals surface area contributed by atoms with Crippen LogP contribution in [0.4, 0.5) is 0 Å². The zero-order valence-electron chi connectivity index (χ0n) is 19.6. The van der Waals surface area contributed by atoms with Gasteiger partial charge in [0.2, 0.25) is 10.0 Å². The molecular formula is C25H32N2O5S2. The maximum atomic E-state index is 13.3. The topological polar surface area (TPSA) is 95.9 Å². The van der Waals surface area contributed by atoms with Gasteiger partial charge in [-0.1, -0.05) is 36.4 Å². The predicted molar refractivity (Wildman–Crippen MR) is 134 cm³/mol. The van der Waals surface area contributed by atoms with Crippen molar-refractivity contribution in [1.82, 2.24) is 9.62 Å². The van der Waals surface area contributed by atoms with Crippen molar-refractivity contribution >= 4 is 27.8 Å². The highest BCUT2D eigenvalue weighted by Gasteiger charge is 2.48. The Balaban J connectivity index is 1.44. The summed E-state index contributed by atoms with van der Waals surface area (Å²) >= 11 is 1.49. The summed E-state index contributed by atoms with van der Waals surface area (Å²) in [5.41, 5.74) is 3.07. The Morgan fingerprint density at radius 3 is 2.38 bits per heavy atom. The number of carboxylic acids is 1. The minimum Gasteiger partial charge on any atom is -0.480 e. The third-order valence-electron chi connectivity index (χ3n) is 6.44. The number of sulfonamides is 1. The molecule has 2 aliphatic rings. The van der Waals surface area contributed by atoms with Gasteiger partial charge in [-0.05, 0) is 55.5 Å². The molecule has 184 valence electrons. The minimum atomic E-state index is -3.93. The van der Waals surface area contributed by atoms with Gasteiger partial charge in [0.25, 0.3) is 0 Å². The molecule has 0 aliphatic carbocycles. The van der Waals surface area contributed by atoms with Crippen LogP contribution in [0.25, 0.3) is 11.1 Å². The quantitative estimate of drug-likeness (QED) is 0.567. The zero-order chi connectivity index (χ0) is 24.3. The first-order valence-corrected chi connectivity index (χ1v) is 14.0. The summed E-state index contributed by atoms with van der Waals surface area (Å²) in [6.07, 6.45) is 2.56. The lowest BCUT2D eigenvalue weighted by Gasteiger charge is -2.42. The van der Waals surface area contributed by atoms with Gasteiger partial charge in [-0.2, -0.15) is 16.1 Å². The predicted octanol–water partition coefficient (Wildman–Crippen LogP) is 3.59. The third-order valence-corrected chi connectivity index (χ3v) is 9.67. The molecule has 0 saturated carbocycles. The van der Waals surface area contributed by atoms with Crippen LogP contribution in [0.2, 0.25) is 0 Å². The van der Waals surface area contributed by atoms with E-state index in [2.05, 4.69) is 17.4 Å². The molecular weight excluding hydrogens is 472 g/mol. The van der Waals surface area contributed by atoms with Crippen LogP contribution in [0.1, 0.15) is 32.3 Å². The number of rotatable bonds is 8.